The molecule has 7 nitrogen and oxygen atoms in total. The van der Waals surface area contributed by atoms with Crippen LogP contribution in [0.1, 0.15) is 9.67 Å². The molecular weight excluding hydrogens is 286 g/mol. The summed E-state index contributed by atoms with van der Waals surface area (Å²) in [6.45, 7) is -0.684. The van der Waals surface area contributed by atoms with E-state index in [0.717, 1.165) is 16.2 Å². The standard InChI is InChI=1S/C12H15NO6S/c1-17-8-4-5-20-11(8)12(16)13(6-9(14)18-2)7-10(15)19-3/h4-5H,6-7H2,1-3H3. The highest BCUT2D eigenvalue weighted by Crippen LogP contribution is 2.25. The summed E-state index contributed by atoms with van der Waals surface area (Å²) < 4.78 is 14.1. The van der Waals surface area contributed by atoms with Gasteiger partial charge in [0, 0.05) is 0 Å². The lowest BCUT2D eigenvalue weighted by Gasteiger charge is -2.19. The van der Waals surface area contributed by atoms with Crippen LogP contribution in [0.4, 0.5) is 0 Å². The maximum Gasteiger partial charge on any atom is 0.325 e. The van der Waals surface area contributed by atoms with Gasteiger partial charge in [-0.15, -0.1) is 11.3 Å². The smallest absolute Gasteiger partial charge is 0.325 e. The number of nitrogens with zero attached hydrogens (tertiary/aromatic N) is 1. The molecule has 0 aliphatic carbocycles. The van der Waals surface area contributed by atoms with Crippen LogP contribution in [0.2, 0.25) is 0 Å². The summed E-state index contributed by atoms with van der Waals surface area (Å²) in [4.78, 5) is 36.3. The molecule has 0 aliphatic rings. The highest BCUT2D eigenvalue weighted by Gasteiger charge is 2.25. The first-order valence-electron chi connectivity index (χ1n) is 5.57. The van der Waals surface area contributed by atoms with Gasteiger partial charge in [0.05, 0.1) is 21.3 Å². The Morgan fingerprint density at radius 3 is 2.10 bits per heavy atom. The maximum absolute atomic E-state index is 12.3. The van der Waals surface area contributed by atoms with Gasteiger partial charge in [-0.05, 0) is 11.4 Å². The molecule has 0 N–H and O–H groups in total. The van der Waals surface area contributed by atoms with Gasteiger partial charge in [-0.2, -0.15) is 0 Å². The van der Waals surface area contributed by atoms with Crippen LogP contribution in [-0.2, 0) is 19.1 Å². The molecule has 1 rings (SSSR count). The summed E-state index contributed by atoms with van der Waals surface area (Å²) in [6.07, 6.45) is 0. The number of hydrogen-bond donors (Lipinski definition) is 0. The molecule has 1 aromatic rings. The van der Waals surface area contributed by atoms with E-state index in [-0.39, 0.29) is 13.1 Å². The van der Waals surface area contributed by atoms with Crippen LogP contribution in [0.15, 0.2) is 11.4 Å². The Hall–Kier alpha value is -2.09. The average Bonchev–Trinajstić information content (AvgIpc) is 2.93. The zero-order valence-corrected chi connectivity index (χ0v) is 12.2. The molecule has 110 valence electrons. The number of hydrogen-bond acceptors (Lipinski definition) is 7. The topological polar surface area (TPSA) is 82.1 Å². The number of amides is 1. The SMILES string of the molecule is COC(=O)CN(CC(=O)OC)C(=O)c1sccc1OC. The Morgan fingerprint density at radius 2 is 1.65 bits per heavy atom. The predicted octanol–water partition coefficient (Wildman–Crippen LogP) is 0.545. The molecule has 1 amide bonds. The number of thiophene rings is 1. The summed E-state index contributed by atoms with van der Waals surface area (Å²) in [5.74, 6) is -1.36. The minimum atomic E-state index is -0.627. The molecule has 8 heteroatoms. The van der Waals surface area contributed by atoms with Crippen molar-refractivity contribution in [3.63, 3.8) is 0 Å². The molecule has 0 bridgehead atoms. The minimum Gasteiger partial charge on any atom is -0.495 e. The molecule has 0 saturated heterocycles. The fourth-order valence-electron chi connectivity index (χ4n) is 1.40. The highest BCUT2D eigenvalue weighted by atomic mass is 32.1. The fourth-order valence-corrected chi connectivity index (χ4v) is 2.22. The first kappa shape index (κ1) is 16.0. The second kappa shape index (κ2) is 7.49. The van der Waals surface area contributed by atoms with Gasteiger partial charge >= 0.3 is 11.9 Å². The zero-order valence-electron chi connectivity index (χ0n) is 11.4. The molecule has 0 fully saturated rings. The van der Waals surface area contributed by atoms with E-state index in [1.807, 2.05) is 0 Å². The third kappa shape index (κ3) is 3.95. The van der Waals surface area contributed by atoms with Crippen LogP contribution in [0.5, 0.6) is 5.75 Å². The van der Waals surface area contributed by atoms with Crippen LogP contribution in [0.3, 0.4) is 0 Å². The van der Waals surface area contributed by atoms with Gasteiger partial charge < -0.3 is 19.1 Å². The minimum absolute atomic E-state index is 0.306. The Labute approximate surface area is 120 Å². The monoisotopic (exact) mass is 301 g/mol. The normalized spacial score (nSPS) is 9.75. The summed E-state index contributed by atoms with van der Waals surface area (Å²) >= 11 is 1.16. The number of rotatable bonds is 6. The van der Waals surface area contributed by atoms with Crippen LogP contribution in [-0.4, -0.2) is 57.2 Å². The lowest BCUT2D eigenvalue weighted by molar-refractivity contribution is -0.144. The van der Waals surface area contributed by atoms with E-state index in [0.29, 0.717) is 10.6 Å². The first-order valence-corrected chi connectivity index (χ1v) is 6.45. The van der Waals surface area contributed by atoms with E-state index < -0.39 is 17.8 Å². The number of methoxy groups -OCH3 is 3. The van der Waals surface area contributed by atoms with Crippen molar-refractivity contribution in [2.45, 2.75) is 0 Å². The van der Waals surface area contributed by atoms with Gasteiger partial charge in [0.25, 0.3) is 5.91 Å². The Kier molecular flexibility index (Phi) is 5.98. The van der Waals surface area contributed by atoms with Crippen molar-refractivity contribution in [3.05, 3.63) is 16.3 Å². The number of carbonyl (C=O) groups is 3. The number of esters is 2. The van der Waals surface area contributed by atoms with Crippen LogP contribution in [0, 0.1) is 0 Å². The molecule has 0 aromatic carbocycles. The molecular formula is C12H15NO6S. The molecule has 1 aromatic heterocycles. The zero-order chi connectivity index (χ0) is 15.1. The van der Waals surface area contributed by atoms with Gasteiger partial charge in [-0.3, -0.25) is 14.4 Å². The lowest BCUT2D eigenvalue weighted by Crippen LogP contribution is -2.40. The van der Waals surface area contributed by atoms with Gasteiger partial charge in [0.2, 0.25) is 0 Å². The summed E-state index contributed by atoms with van der Waals surface area (Å²) in [5.41, 5.74) is 0. The molecule has 0 unspecified atom stereocenters. The fraction of sp³-hybridized carbons (Fsp3) is 0.417. The third-order valence-corrected chi connectivity index (χ3v) is 3.31. The van der Waals surface area contributed by atoms with Gasteiger partial charge in [0.15, 0.2) is 0 Å². The largest absolute Gasteiger partial charge is 0.495 e. The van der Waals surface area contributed by atoms with Gasteiger partial charge in [-0.1, -0.05) is 0 Å². The predicted molar refractivity (Wildman–Crippen MR) is 70.8 cm³/mol. The number of carbonyl (C=O) groups excluding carboxylic acids is 3. The highest BCUT2D eigenvalue weighted by molar-refractivity contribution is 7.12. The quantitative estimate of drug-likeness (QED) is 0.713. The summed E-state index contributed by atoms with van der Waals surface area (Å²) in [5, 5.41) is 1.68. The summed E-state index contributed by atoms with van der Waals surface area (Å²) in [6, 6.07) is 1.63. The average molecular weight is 301 g/mol. The van der Waals surface area contributed by atoms with Crippen molar-refractivity contribution in [1.82, 2.24) is 4.90 Å². The molecule has 20 heavy (non-hydrogen) atoms. The van der Waals surface area contributed by atoms with Crippen molar-refractivity contribution in [3.8, 4) is 5.75 Å². The first-order chi connectivity index (χ1) is 9.53. The van der Waals surface area contributed by atoms with Crippen molar-refractivity contribution >= 4 is 29.2 Å². The second-order valence-corrected chi connectivity index (χ2v) is 4.55. The Balaban J connectivity index is 2.94. The Morgan fingerprint density at radius 1 is 1.10 bits per heavy atom. The van der Waals surface area contributed by atoms with E-state index in [1.165, 1.54) is 21.3 Å². The summed E-state index contributed by atoms with van der Waals surface area (Å²) in [7, 11) is 3.84. The van der Waals surface area contributed by atoms with Crippen molar-refractivity contribution in [1.29, 1.82) is 0 Å². The molecule has 0 spiro atoms. The molecule has 0 atom stereocenters. The molecule has 0 saturated carbocycles. The molecule has 1 heterocycles. The second-order valence-electron chi connectivity index (χ2n) is 3.63. The molecule has 0 aliphatic heterocycles. The van der Waals surface area contributed by atoms with Gasteiger partial charge in [0.1, 0.15) is 23.7 Å². The van der Waals surface area contributed by atoms with E-state index in [9.17, 15) is 14.4 Å². The molecule has 0 radical (unpaired) electrons. The van der Waals surface area contributed by atoms with Crippen molar-refractivity contribution in [2.24, 2.45) is 0 Å². The van der Waals surface area contributed by atoms with E-state index >= 15 is 0 Å². The Bertz CT molecular complexity index is 480. The maximum atomic E-state index is 12.3. The third-order valence-electron chi connectivity index (χ3n) is 2.43. The van der Waals surface area contributed by atoms with Gasteiger partial charge in [-0.25, -0.2) is 0 Å². The lowest BCUT2D eigenvalue weighted by atomic mass is 10.3. The van der Waals surface area contributed by atoms with E-state index in [4.69, 9.17) is 4.74 Å². The van der Waals surface area contributed by atoms with Crippen LogP contribution < -0.4 is 4.74 Å². The van der Waals surface area contributed by atoms with Crippen molar-refractivity contribution in [2.75, 3.05) is 34.4 Å². The van der Waals surface area contributed by atoms with Crippen molar-refractivity contribution < 1.29 is 28.6 Å². The van der Waals surface area contributed by atoms with E-state index in [2.05, 4.69) is 9.47 Å². The number of ether oxygens (including phenoxy) is 3. The van der Waals surface area contributed by atoms with Crippen LogP contribution in [0.25, 0.3) is 0 Å². The van der Waals surface area contributed by atoms with Crippen LogP contribution >= 0.6 is 11.3 Å². The van der Waals surface area contributed by atoms with E-state index in [1.54, 1.807) is 11.4 Å².